The highest BCUT2D eigenvalue weighted by Crippen LogP contribution is 2.38. The Morgan fingerprint density at radius 3 is 3.18 bits per heavy atom. The maximum absolute atomic E-state index is 11.6. The lowest BCUT2D eigenvalue weighted by molar-refractivity contribution is -0.137. The lowest BCUT2D eigenvalue weighted by Gasteiger charge is -2.01. The van der Waals surface area contributed by atoms with Crippen LogP contribution in [0.15, 0.2) is 23.1 Å². The van der Waals surface area contributed by atoms with Crippen LogP contribution >= 0.6 is 0 Å². The average Bonchev–Trinajstić information content (AvgIpc) is 2.92. The van der Waals surface area contributed by atoms with Crippen LogP contribution in [0, 0.1) is 0 Å². The molecular weight excluding hydrogens is 220 g/mol. The van der Waals surface area contributed by atoms with Crippen molar-refractivity contribution in [2.75, 3.05) is 6.61 Å². The fourth-order valence-corrected chi connectivity index (χ4v) is 2.29. The number of rotatable bonds is 4. The maximum atomic E-state index is 11.6. The molecule has 1 aliphatic rings. The minimum Gasteiger partial charge on any atom is -0.462 e. The van der Waals surface area contributed by atoms with E-state index in [-0.39, 0.29) is 12.4 Å². The number of esters is 1. The minimum atomic E-state index is -0.434. The van der Waals surface area contributed by atoms with Crippen LogP contribution in [0.4, 0.5) is 0 Å². The molecule has 2 aromatic rings. The molecule has 0 saturated heterocycles. The van der Waals surface area contributed by atoms with Crippen molar-refractivity contribution in [3.8, 4) is 0 Å². The summed E-state index contributed by atoms with van der Waals surface area (Å²) >= 11 is 0. The first-order valence-corrected chi connectivity index (χ1v) is 5.39. The van der Waals surface area contributed by atoms with Gasteiger partial charge < -0.3 is 9.15 Å². The highest BCUT2D eigenvalue weighted by Gasteiger charge is 2.31. The van der Waals surface area contributed by atoms with E-state index in [2.05, 4.69) is 6.58 Å². The highest BCUT2D eigenvalue weighted by molar-refractivity contribution is 6.12. The molecule has 2 bridgehead atoms. The van der Waals surface area contributed by atoms with Gasteiger partial charge in [-0.3, -0.25) is 4.79 Å². The van der Waals surface area contributed by atoms with Crippen LogP contribution < -0.4 is 0 Å². The summed E-state index contributed by atoms with van der Waals surface area (Å²) in [5, 5.41) is 0. The summed E-state index contributed by atoms with van der Waals surface area (Å²) in [5.74, 6) is -0.320. The Bertz CT molecular complexity index is 620. The molecule has 0 atom stereocenters. The van der Waals surface area contributed by atoms with Crippen molar-refractivity contribution in [1.82, 2.24) is 0 Å². The number of Topliss-reactive ketones (excluding diaryl/α,β-unsaturated/α-hetero) is 1. The summed E-state index contributed by atoms with van der Waals surface area (Å²) in [6, 6.07) is 1.78. The Labute approximate surface area is 97.2 Å². The number of carbonyl (C=O) groups excluding carboxylic acids is 2. The third-order valence-electron chi connectivity index (χ3n) is 3.07. The largest absolute Gasteiger partial charge is 0.462 e. The highest BCUT2D eigenvalue weighted by atomic mass is 16.5. The molecule has 1 aliphatic carbocycles. The molecule has 0 unspecified atom stereocenters. The fraction of sp³-hybridized carbons (Fsp3) is 0.231. The van der Waals surface area contributed by atoms with E-state index in [9.17, 15) is 9.59 Å². The molecule has 0 N–H and O–H groups in total. The van der Waals surface area contributed by atoms with Crippen LogP contribution in [0.25, 0.3) is 11.2 Å². The molecule has 0 aromatic carbocycles. The molecule has 4 nitrogen and oxygen atoms in total. The first-order valence-electron chi connectivity index (χ1n) is 5.39. The second kappa shape index (κ2) is 3.45. The summed E-state index contributed by atoms with van der Waals surface area (Å²) in [4.78, 5) is 22.4. The van der Waals surface area contributed by atoms with Gasteiger partial charge in [0.2, 0.25) is 0 Å². The second-order valence-corrected chi connectivity index (χ2v) is 4.03. The summed E-state index contributed by atoms with van der Waals surface area (Å²) in [6.45, 7) is 3.60. The first kappa shape index (κ1) is 10.1. The van der Waals surface area contributed by atoms with E-state index >= 15 is 0 Å². The summed E-state index contributed by atoms with van der Waals surface area (Å²) < 4.78 is 10.4. The first-order chi connectivity index (χ1) is 8.20. The number of fused-ring (bicyclic) bond motifs is 1. The van der Waals surface area contributed by atoms with Gasteiger partial charge in [0, 0.05) is 30.0 Å². The van der Waals surface area contributed by atoms with Gasteiger partial charge in [-0.05, 0) is 6.07 Å². The third-order valence-corrected chi connectivity index (χ3v) is 3.07. The van der Waals surface area contributed by atoms with Gasteiger partial charge in [0.15, 0.2) is 5.78 Å². The summed E-state index contributed by atoms with van der Waals surface area (Å²) in [5.41, 5.74) is 4.12. The van der Waals surface area contributed by atoms with Crippen LogP contribution in [0.1, 0.15) is 21.5 Å². The molecule has 0 fully saturated rings. The van der Waals surface area contributed by atoms with E-state index in [1.807, 2.05) is 0 Å². The number of ether oxygens (including phenoxy) is 1. The number of carbonyl (C=O) groups is 2. The molecule has 0 saturated carbocycles. The summed E-state index contributed by atoms with van der Waals surface area (Å²) in [6.07, 6.45) is 2.12. The van der Waals surface area contributed by atoms with Crippen LogP contribution in [0.3, 0.4) is 0 Å². The molecule has 86 valence electrons. The van der Waals surface area contributed by atoms with Gasteiger partial charge in [0.25, 0.3) is 0 Å². The Balaban J connectivity index is 1.78. The molecule has 2 aromatic heterocycles. The van der Waals surface area contributed by atoms with Gasteiger partial charge >= 0.3 is 5.97 Å². The monoisotopic (exact) mass is 230 g/mol. The zero-order valence-electron chi connectivity index (χ0n) is 9.12. The Morgan fingerprint density at radius 1 is 1.59 bits per heavy atom. The van der Waals surface area contributed by atoms with Crippen molar-refractivity contribution in [3.05, 3.63) is 35.4 Å². The second-order valence-electron chi connectivity index (χ2n) is 4.03. The Morgan fingerprint density at radius 2 is 2.41 bits per heavy atom. The molecule has 17 heavy (non-hydrogen) atoms. The van der Waals surface area contributed by atoms with Gasteiger partial charge in [0.05, 0.1) is 12.2 Å². The van der Waals surface area contributed by atoms with Gasteiger partial charge in [-0.25, -0.2) is 4.79 Å². The maximum Gasteiger partial charge on any atom is 0.330 e. The molecular formula is C13H10O4. The lowest BCUT2D eigenvalue weighted by atomic mass is 10.1. The molecule has 2 heterocycles. The average molecular weight is 230 g/mol. The molecule has 0 amide bonds. The predicted octanol–water partition coefficient (Wildman–Crippen LogP) is 1.88. The zero-order chi connectivity index (χ0) is 12.0. The Kier molecular flexibility index (Phi) is 2.04. The van der Waals surface area contributed by atoms with E-state index < -0.39 is 5.97 Å². The normalized spacial score (nSPS) is 13.5. The quantitative estimate of drug-likeness (QED) is 0.594. The van der Waals surface area contributed by atoms with E-state index in [1.54, 1.807) is 6.07 Å². The standard InChI is InChI=1S/C13H10O4/c1-2-12(15)16-4-3-7-8-5-10(14)9-6-11(7)17-13(8)9/h2,6H,1,3-5H2. The van der Waals surface area contributed by atoms with Crippen LogP contribution in [-0.4, -0.2) is 18.4 Å². The number of furan rings is 2. The lowest BCUT2D eigenvalue weighted by Crippen LogP contribution is -2.05. The molecule has 0 spiro atoms. The van der Waals surface area contributed by atoms with Crippen molar-refractivity contribution in [1.29, 1.82) is 0 Å². The van der Waals surface area contributed by atoms with Gasteiger partial charge in [-0.2, -0.15) is 0 Å². The van der Waals surface area contributed by atoms with Gasteiger partial charge in [-0.1, -0.05) is 6.58 Å². The predicted molar refractivity (Wildman–Crippen MR) is 60.3 cm³/mol. The molecule has 3 rings (SSSR count). The van der Waals surface area contributed by atoms with E-state index in [1.165, 1.54) is 0 Å². The SMILES string of the molecule is C=CC(=O)OCCc1c2c3oc1cc3C(=O)C2. The number of benzene rings is 1. The van der Waals surface area contributed by atoms with Gasteiger partial charge in [0.1, 0.15) is 11.2 Å². The fourth-order valence-electron chi connectivity index (χ4n) is 2.29. The topological polar surface area (TPSA) is 56.5 Å². The van der Waals surface area contributed by atoms with E-state index in [0.717, 1.165) is 28.4 Å². The van der Waals surface area contributed by atoms with Crippen molar-refractivity contribution >= 4 is 22.9 Å². The van der Waals surface area contributed by atoms with Crippen molar-refractivity contribution < 1.29 is 18.7 Å². The minimum absolute atomic E-state index is 0.114. The number of hydrogen-bond acceptors (Lipinski definition) is 4. The molecule has 0 aliphatic heterocycles. The van der Waals surface area contributed by atoms with E-state index in [4.69, 9.17) is 9.15 Å². The molecule has 0 radical (unpaired) electrons. The van der Waals surface area contributed by atoms with E-state index in [0.29, 0.717) is 18.4 Å². The van der Waals surface area contributed by atoms with Crippen molar-refractivity contribution in [3.63, 3.8) is 0 Å². The summed E-state index contributed by atoms with van der Waals surface area (Å²) in [7, 11) is 0. The van der Waals surface area contributed by atoms with Gasteiger partial charge in [-0.15, -0.1) is 0 Å². The third kappa shape index (κ3) is 1.37. The number of ketones is 1. The van der Waals surface area contributed by atoms with Crippen LogP contribution in [-0.2, 0) is 22.4 Å². The van der Waals surface area contributed by atoms with Crippen molar-refractivity contribution in [2.24, 2.45) is 0 Å². The number of hydrogen-bond donors (Lipinski definition) is 0. The van der Waals surface area contributed by atoms with Crippen LogP contribution in [0.5, 0.6) is 0 Å². The Hall–Kier alpha value is -2.10. The zero-order valence-corrected chi connectivity index (χ0v) is 9.12. The molecule has 4 heteroatoms. The van der Waals surface area contributed by atoms with Crippen molar-refractivity contribution in [2.45, 2.75) is 12.8 Å². The smallest absolute Gasteiger partial charge is 0.330 e. The van der Waals surface area contributed by atoms with Crippen LogP contribution in [0.2, 0.25) is 0 Å².